The van der Waals surface area contributed by atoms with Gasteiger partial charge in [-0.15, -0.1) is 11.3 Å². The number of halogens is 2. The molecule has 0 aliphatic carbocycles. The van der Waals surface area contributed by atoms with E-state index in [1.54, 1.807) is 11.3 Å². The highest BCUT2D eigenvalue weighted by atomic mass is 35.5. The van der Waals surface area contributed by atoms with Crippen LogP contribution in [-0.2, 0) is 6.42 Å². The van der Waals surface area contributed by atoms with E-state index in [1.165, 1.54) is 10.1 Å². The van der Waals surface area contributed by atoms with Crippen molar-refractivity contribution in [2.75, 3.05) is 0 Å². The summed E-state index contributed by atoms with van der Waals surface area (Å²) in [5, 5.41) is 4.66. The van der Waals surface area contributed by atoms with Crippen molar-refractivity contribution < 1.29 is 0 Å². The summed E-state index contributed by atoms with van der Waals surface area (Å²) in [5.74, 6) is 0. The number of hydrogen-bond acceptors (Lipinski definition) is 2. The highest BCUT2D eigenvalue weighted by molar-refractivity contribution is 7.17. The monoisotopic (exact) mass is 321 g/mol. The molecule has 0 amide bonds. The summed E-state index contributed by atoms with van der Waals surface area (Å²) in [5.41, 5.74) is 8.44. The first-order chi connectivity index (χ1) is 9.66. The number of fused-ring (bicyclic) bond motifs is 1. The zero-order valence-electron chi connectivity index (χ0n) is 10.6. The third-order valence-corrected chi connectivity index (χ3v) is 5.08. The van der Waals surface area contributed by atoms with Crippen LogP contribution in [0.4, 0.5) is 0 Å². The summed E-state index contributed by atoms with van der Waals surface area (Å²) in [7, 11) is 0. The highest BCUT2D eigenvalue weighted by Crippen LogP contribution is 2.32. The molecule has 20 heavy (non-hydrogen) atoms. The summed E-state index contributed by atoms with van der Waals surface area (Å²) in [6, 6.07) is 13.8. The third kappa shape index (κ3) is 2.57. The van der Waals surface area contributed by atoms with E-state index in [0.717, 1.165) is 11.1 Å². The Kier molecular flexibility index (Phi) is 3.99. The van der Waals surface area contributed by atoms with Crippen LogP contribution in [0.2, 0.25) is 10.0 Å². The first-order valence-electron chi connectivity index (χ1n) is 6.31. The number of thiophene rings is 1. The Hall–Kier alpha value is -1.06. The van der Waals surface area contributed by atoms with E-state index in [1.807, 2.05) is 24.3 Å². The molecule has 4 heteroatoms. The molecule has 0 aliphatic rings. The molecule has 2 aromatic carbocycles. The van der Waals surface area contributed by atoms with Crippen molar-refractivity contribution in [3.63, 3.8) is 0 Å². The molecule has 0 radical (unpaired) electrons. The van der Waals surface area contributed by atoms with E-state index in [9.17, 15) is 0 Å². The van der Waals surface area contributed by atoms with Gasteiger partial charge in [0.25, 0.3) is 0 Å². The zero-order valence-corrected chi connectivity index (χ0v) is 13.0. The molecule has 102 valence electrons. The standard InChI is InChI=1S/C16H13Cl2NS/c17-13-5-2-6-14(18)12(13)9-15(19)11-4-1-3-10-7-8-20-16(10)11/h1-8,15H,9,19H2. The van der Waals surface area contributed by atoms with Crippen LogP contribution in [0.5, 0.6) is 0 Å². The van der Waals surface area contributed by atoms with Crippen molar-refractivity contribution in [2.24, 2.45) is 5.73 Å². The second-order valence-corrected chi connectivity index (χ2v) is 6.43. The smallest absolute Gasteiger partial charge is 0.0453 e. The van der Waals surface area contributed by atoms with Gasteiger partial charge in [0.2, 0.25) is 0 Å². The first-order valence-corrected chi connectivity index (χ1v) is 7.95. The lowest BCUT2D eigenvalue weighted by atomic mass is 9.98. The Labute approximate surface area is 131 Å². The lowest BCUT2D eigenvalue weighted by Crippen LogP contribution is -2.14. The van der Waals surface area contributed by atoms with Crippen LogP contribution in [0.3, 0.4) is 0 Å². The molecule has 2 N–H and O–H groups in total. The van der Waals surface area contributed by atoms with E-state index >= 15 is 0 Å². The van der Waals surface area contributed by atoms with E-state index in [-0.39, 0.29) is 6.04 Å². The lowest BCUT2D eigenvalue weighted by molar-refractivity contribution is 0.729. The van der Waals surface area contributed by atoms with Crippen molar-refractivity contribution in [1.82, 2.24) is 0 Å². The van der Waals surface area contributed by atoms with Crippen LogP contribution in [0.25, 0.3) is 10.1 Å². The largest absolute Gasteiger partial charge is 0.324 e. The molecule has 1 heterocycles. The Morgan fingerprint density at radius 3 is 2.45 bits per heavy atom. The number of benzene rings is 2. The van der Waals surface area contributed by atoms with Crippen LogP contribution in [-0.4, -0.2) is 0 Å². The van der Waals surface area contributed by atoms with Gasteiger partial charge in [0, 0.05) is 20.8 Å². The molecule has 1 atom stereocenters. The first kappa shape index (κ1) is 13.9. The maximum atomic E-state index is 6.38. The summed E-state index contributed by atoms with van der Waals surface area (Å²) in [6.45, 7) is 0. The normalized spacial score (nSPS) is 12.8. The van der Waals surface area contributed by atoms with Gasteiger partial charge >= 0.3 is 0 Å². The highest BCUT2D eigenvalue weighted by Gasteiger charge is 2.15. The van der Waals surface area contributed by atoms with Crippen LogP contribution in [0.1, 0.15) is 17.2 Å². The second kappa shape index (κ2) is 5.74. The average Bonchev–Trinajstić information content (AvgIpc) is 2.91. The molecule has 0 spiro atoms. The van der Waals surface area contributed by atoms with Gasteiger partial charge in [-0.25, -0.2) is 0 Å². The van der Waals surface area contributed by atoms with E-state index in [0.29, 0.717) is 16.5 Å². The number of hydrogen-bond donors (Lipinski definition) is 1. The van der Waals surface area contributed by atoms with Gasteiger partial charge in [-0.05, 0) is 46.5 Å². The van der Waals surface area contributed by atoms with Gasteiger partial charge in [-0.3, -0.25) is 0 Å². The Balaban J connectivity index is 1.97. The summed E-state index contributed by atoms with van der Waals surface area (Å²) in [4.78, 5) is 0. The predicted molar refractivity (Wildman–Crippen MR) is 88.9 cm³/mol. The van der Waals surface area contributed by atoms with Crippen molar-refractivity contribution in [3.8, 4) is 0 Å². The molecule has 0 bridgehead atoms. The van der Waals surface area contributed by atoms with E-state index in [4.69, 9.17) is 28.9 Å². The fourth-order valence-corrected chi connectivity index (χ4v) is 3.90. The molecular formula is C16H13Cl2NS. The second-order valence-electron chi connectivity index (χ2n) is 4.70. The average molecular weight is 322 g/mol. The van der Waals surface area contributed by atoms with Crippen molar-refractivity contribution >= 4 is 44.6 Å². The molecule has 0 saturated carbocycles. The van der Waals surface area contributed by atoms with Gasteiger partial charge < -0.3 is 5.73 Å². The number of rotatable bonds is 3. The minimum Gasteiger partial charge on any atom is -0.324 e. The van der Waals surface area contributed by atoms with Crippen molar-refractivity contribution in [2.45, 2.75) is 12.5 Å². The fraction of sp³-hybridized carbons (Fsp3) is 0.125. The summed E-state index contributed by atoms with van der Waals surface area (Å²) in [6.07, 6.45) is 0.634. The maximum absolute atomic E-state index is 6.38. The quantitative estimate of drug-likeness (QED) is 0.681. The lowest BCUT2D eigenvalue weighted by Gasteiger charge is -2.15. The minimum absolute atomic E-state index is 0.116. The predicted octanol–water partition coefficient (Wildman–Crippen LogP) is 5.45. The Morgan fingerprint density at radius 1 is 1.00 bits per heavy atom. The van der Waals surface area contributed by atoms with Crippen LogP contribution in [0, 0.1) is 0 Å². The van der Waals surface area contributed by atoms with E-state index in [2.05, 4.69) is 23.6 Å². The zero-order chi connectivity index (χ0) is 14.1. The molecule has 3 rings (SSSR count). The van der Waals surface area contributed by atoms with Gasteiger partial charge in [0.05, 0.1) is 0 Å². The van der Waals surface area contributed by atoms with Crippen LogP contribution >= 0.6 is 34.5 Å². The van der Waals surface area contributed by atoms with Gasteiger partial charge in [-0.1, -0.05) is 47.5 Å². The van der Waals surface area contributed by atoms with Gasteiger partial charge in [-0.2, -0.15) is 0 Å². The molecule has 0 saturated heterocycles. The molecule has 0 aliphatic heterocycles. The topological polar surface area (TPSA) is 26.0 Å². The molecule has 1 unspecified atom stereocenters. The molecule has 3 aromatic rings. The molecule has 0 fully saturated rings. The van der Waals surface area contributed by atoms with Crippen LogP contribution < -0.4 is 5.73 Å². The molecule has 1 nitrogen and oxygen atoms in total. The van der Waals surface area contributed by atoms with Crippen molar-refractivity contribution in [3.05, 3.63) is 69.0 Å². The van der Waals surface area contributed by atoms with Gasteiger partial charge in [0.1, 0.15) is 0 Å². The Morgan fingerprint density at radius 2 is 1.70 bits per heavy atom. The van der Waals surface area contributed by atoms with E-state index < -0.39 is 0 Å². The van der Waals surface area contributed by atoms with Gasteiger partial charge in [0.15, 0.2) is 0 Å². The minimum atomic E-state index is -0.116. The van der Waals surface area contributed by atoms with Crippen molar-refractivity contribution in [1.29, 1.82) is 0 Å². The Bertz CT molecular complexity index is 731. The third-order valence-electron chi connectivity index (χ3n) is 3.39. The summed E-state index contributed by atoms with van der Waals surface area (Å²) < 4.78 is 1.24. The fourth-order valence-electron chi connectivity index (χ4n) is 2.37. The van der Waals surface area contributed by atoms with Crippen LogP contribution in [0.15, 0.2) is 47.8 Å². The SMILES string of the molecule is NC(Cc1c(Cl)cccc1Cl)c1cccc2ccsc12. The number of nitrogens with two attached hydrogens (primary N) is 1. The molecular weight excluding hydrogens is 309 g/mol. The molecule has 1 aromatic heterocycles. The summed E-state index contributed by atoms with van der Waals surface area (Å²) >= 11 is 14.2. The maximum Gasteiger partial charge on any atom is 0.0453 e.